The predicted molar refractivity (Wildman–Crippen MR) is 58.3 cm³/mol. The van der Waals surface area contributed by atoms with E-state index in [0.29, 0.717) is 18.4 Å². The zero-order valence-electron chi connectivity index (χ0n) is 8.58. The minimum absolute atomic E-state index is 0.0237. The van der Waals surface area contributed by atoms with Gasteiger partial charge in [0.25, 0.3) is 0 Å². The van der Waals surface area contributed by atoms with Crippen LogP contribution in [0.25, 0.3) is 0 Å². The summed E-state index contributed by atoms with van der Waals surface area (Å²) >= 11 is 5.56. The molecule has 1 aliphatic rings. The Hall–Kier alpha value is -1.11. The summed E-state index contributed by atoms with van der Waals surface area (Å²) in [5.41, 5.74) is -0.316. The van der Waals surface area contributed by atoms with E-state index in [9.17, 15) is 9.50 Å². The largest absolute Gasteiger partial charge is 0.387 e. The lowest BCUT2D eigenvalue weighted by molar-refractivity contribution is 0.00777. The average molecular weight is 240 g/mol. The summed E-state index contributed by atoms with van der Waals surface area (Å²) in [6.07, 6.45) is 1.32. The van der Waals surface area contributed by atoms with E-state index in [1.54, 1.807) is 6.07 Å². The number of hydrogen-bond acceptors (Lipinski definition) is 2. The van der Waals surface area contributed by atoms with E-state index in [1.807, 2.05) is 0 Å². The fraction of sp³-hybridized carbons (Fsp3) is 0.417. The number of hydrogen-bond donors (Lipinski definition) is 1. The van der Waals surface area contributed by atoms with Gasteiger partial charge in [0, 0.05) is 0 Å². The summed E-state index contributed by atoms with van der Waals surface area (Å²) < 4.78 is 13.2. The summed E-state index contributed by atoms with van der Waals surface area (Å²) in [5, 5.41) is 19.2. The number of aliphatic hydroxyl groups excluding tert-OH is 1. The molecule has 1 saturated carbocycles. The molecule has 0 aliphatic heterocycles. The third-order valence-electron chi connectivity index (χ3n) is 3.25. The normalized spacial score (nSPS) is 19.6. The molecule has 0 radical (unpaired) electrons. The van der Waals surface area contributed by atoms with Crippen LogP contribution in [0.2, 0.25) is 5.02 Å². The van der Waals surface area contributed by atoms with E-state index in [0.717, 1.165) is 6.42 Å². The van der Waals surface area contributed by atoms with Crippen LogP contribution >= 0.6 is 11.6 Å². The number of nitriles is 1. The molecular formula is C12H11ClFNO. The van der Waals surface area contributed by atoms with Gasteiger partial charge >= 0.3 is 0 Å². The molecular weight excluding hydrogens is 229 g/mol. The van der Waals surface area contributed by atoms with Crippen molar-refractivity contribution in [2.45, 2.75) is 25.4 Å². The molecule has 1 aliphatic carbocycles. The third kappa shape index (κ3) is 1.68. The minimum atomic E-state index is -0.932. The molecule has 4 heteroatoms. The van der Waals surface area contributed by atoms with Gasteiger partial charge in [-0.05, 0) is 30.5 Å². The maximum absolute atomic E-state index is 13.2. The van der Waals surface area contributed by atoms with E-state index in [4.69, 9.17) is 16.9 Å². The van der Waals surface area contributed by atoms with Gasteiger partial charge in [0.05, 0.1) is 22.6 Å². The molecule has 1 fully saturated rings. The van der Waals surface area contributed by atoms with Crippen LogP contribution in [-0.4, -0.2) is 5.11 Å². The number of nitrogens with zero attached hydrogens (tertiary/aromatic N) is 1. The van der Waals surface area contributed by atoms with E-state index in [2.05, 4.69) is 6.07 Å². The Morgan fingerprint density at radius 3 is 2.62 bits per heavy atom. The number of halogens is 2. The first kappa shape index (κ1) is 11.4. The van der Waals surface area contributed by atoms with Crippen LogP contribution < -0.4 is 0 Å². The highest BCUT2D eigenvalue weighted by molar-refractivity contribution is 6.30. The molecule has 0 amide bonds. The third-order valence-corrected chi connectivity index (χ3v) is 3.56. The van der Waals surface area contributed by atoms with Crippen molar-refractivity contribution >= 4 is 11.6 Å². The monoisotopic (exact) mass is 239 g/mol. The molecule has 0 heterocycles. The van der Waals surface area contributed by atoms with Crippen molar-refractivity contribution in [2.75, 3.05) is 0 Å². The van der Waals surface area contributed by atoms with Crippen molar-refractivity contribution in [1.82, 2.24) is 0 Å². The number of aliphatic hydroxyl groups is 1. The van der Waals surface area contributed by atoms with Crippen molar-refractivity contribution in [3.8, 4) is 6.07 Å². The van der Waals surface area contributed by atoms with E-state index in [-0.39, 0.29) is 5.02 Å². The molecule has 1 N–H and O–H groups in total. The number of rotatable bonds is 2. The Labute approximate surface area is 98.3 Å². The summed E-state index contributed by atoms with van der Waals surface area (Å²) in [6, 6.07) is 6.31. The first-order valence-electron chi connectivity index (χ1n) is 5.13. The first-order chi connectivity index (χ1) is 7.59. The second kappa shape index (κ2) is 4.04. The van der Waals surface area contributed by atoms with Gasteiger partial charge in [0.2, 0.25) is 0 Å². The predicted octanol–water partition coefficient (Wildman–Crippen LogP) is 3.21. The highest BCUT2D eigenvalue weighted by atomic mass is 35.5. The van der Waals surface area contributed by atoms with E-state index in [1.165, 1.54) is 12.1 Å². The van der Waals surface area contributed by atoms with Crippen molar-refractivity contribution < 1.29 is 9.50 Å². The Morgan fingerprint density at radius 1 is 1.50 bits per heavy atom. The van der Waals surface area contributed by atoms with Crippen LogP contribution in [0.5, 0.6) is 0 Å². The van der Waals surface area contributed by atoms with E-state index < -0.39 is 17.3 Å². The highest BCUT2D eigenvalue weighted by Gasteiger charge is 2.44. The average Bonchev–Trinajstić information content (AvgIpc) is 2.21. The second-order valence-electron chi connectivity index (χ2n) is 4.20. The van der Waals surface area contributed by atoms with Gasteiger partial charge in [-0.25, -0.2) is 4.39 Å². The van der Waals surface area contributed by atoms with Gasteiger partial charge < -0.3 is 5.11 Å². The molecule has 1 unspecified atom stereocenters. The first-order valence-corrected chi connectivity index (χ1v) is 5.51. The van der Waals surface area contributed by atoms with E-state index >= 15 is 0 Å². The molecule has 0 bridgehead atoms. The molecule has 84 valence electrons. The lowest BCUT2D eigenvalue weighted by atomic mass is 9.65. The highest BCUT2D eigenvalue weighted by Crippen LogP contribution is 2.49. The summed E-state index contributed by atoms with van der Waals surface area (Å²) in [4.78, 5) is 0. The molecule has 1 aromatic rings. The fourth-order valence-corrected chi connectivity index (χ4v) is 2.12. The molecule has 16 heavy (non-hydrogen) atoms. The molecule has 1 aromatic carbocycles. The van der Waals surface area contributed by atoms with Crippen molar-refractivity contribution in [1.29, 1.82) is 5.26 Å². The smallest absolute Gasteiger partial charge is 0.142 e. The van der Waals surface area contributed by atoms with Crippen molar-refractivity contribution in [3.05, 3.63) is 34.6 Å². The molecule has 0 spiro atoms. The fourth-order valence-electron chi connectivity index (χ4n) is 2.01. The number of benzene rings is 1. The van der Waals surface area contributed by atoms with Gasteiger partial charge in [-0.1, -0.05) is 24.1 Å². The van der Waals surface area contributed by atoms with Gasteiger partial charge in [-0.3, -0.25) is 0 Å². The standard InChI is InChI=1S/C12H11ClFNO/c13-9-3-2-8(6-10(9)14)11(16)12(7-15)4-1-5-12/h2-3,6,11,16H,1,4-5H2. The summed E-state index contributed by atoms with van der Waals surface area (Å²) in [7, 11) is 0. The molecule has 0 saturated heterocycles. The van der Waals surface area contributed by atoms with Crippen molar-refractivity contribution in [2.24, 2.45) is 5.41 Å². The Morgan fingerprint density at radius 2 is 2.19 bits per heavy atom. The van der Waals surface area contributed by atoms with Crippen LogP contribution in [0.15, 0.2) is 18.2 Å². The molecule has 2 nitrogen and oxygen atoms in total. The summed E-state index contributed by atoms with van der Waals surface area (Å²) in [6.45, 7) is 0. The maximum atomic E-state index is 13.2. The Balaban J connectivity index is 2.31. The zero-order valence-corrected chi connectivity index (χ0v) is 9.34. The summed E-state index contributed by atoms with van der Waals surface area (Å²) in [5.74, 6) is -0.564. The van der Waals surface area contributed by atoms with Gasteiger partial charge in [0.1, 0.15) is 5.82 Å². The maximum Gasteiger partial charge on any atom is 0.142 e. The van der Waals surface area contributed by atoms with Crippen LogP contribution in [0.1, 0.15) is 30.9 Å². The molecule has 2 rings (SSSR count). The lowest BCUT2D eigenvalue weighted by Crippen LogP contribution is -2.34. The van der Waals surface area contributed by atoms with Crippen LogP contribution in [-0.2, 0) is 0 Å². The van der Waals surface area contributed by atoms with Gasteiger partial charge in [-0.2, -0.15) is 5.26 Å². The Bertz CT molecular complexity index is 451. The van der Waals surface area contributed by atoms with Crippen molar-refractivity contribution in [3.63, 3.8) is 0 Å². The SMILES string of the molecule is N#CC1(C(O)c2ccc(Cl)c(F)c2)CCC1. The van der Waals surface area contributed by atoms with Gasteiger partial charge in [0.15, 0.2) is 0 Å². The topological polar surface area (TPSA) is 44.0 Å². The van der Waals surface area contributed by atoms with Gasteiger partial charge in [-0.15, -0.1) is 0 Å². The lowest BCUT2D eigenvalue weighted by Gasteiger charge is -2.39. The quantitative estimate of drug-likeness (QED) is 0.861. The minimum Gasteiger partial charge on any atom is -0.387 e. The Kier molecular flexibility index (Phi) is 2.88. The second-order valence-corrected chi connectivity index (χ2v) is 4.60. The zero-order chi connectivity index (χ0) is 11.8. The molecule has 0 aromatic heterocycles. The van der Waals surface area contributed by atoms with Crippen LogP contribution in [0.3, 0.4) is 0 Å². The van der Waals surface area contributed by atoms with Crippen LogP contribution in [0, 0.1) is 22.6 Å². The van der Waals surface area contributed by atoms with Crippen LogP contribution in [0.4, 0.5) is 4.39 Å². The molecule has 1 atom stereocenters.